The molecule has 6 nitrogen and oxygen atoms in total. The van der Waals surface area contributed by atoms with Gasteiger partial charge in [-0.1, -0.05) is 13.0 Å². The molecular weight excluding hydrogens is 290 g/mol. The average molecular weight is 307 g/mol. The number of ether oxygens (including phenoxy) is 1. The van der Waals surface area contributed by atoms with Crippen molar-refractivity contribution in [2.75, 3.05) is 11.9 Å². The standard InChI is InChI=1S/C14H17N3O3S/c1-3-11-9(2)16-14(15-7-10-5-4-6-21-10)17-13(11)20-8-12(18)19/h4-6H,3,7-8H2,1-2H3,(H,18,19)(H,15,16,17). The second-order valence-corrected chi connectivity index (χ2v) is 5.42. The topological polar surface area (TPSA) is 84.3 Å². The first-order valence-corrected chi connectivity index (χ1v) is 7.46. The number of aliphatic carboxylic acids is 1. The van der Waals surface area contributed by atoms with Crippen LogP contribution in [-0.4, -0.2) is 27.7 Å². The largest absolute Gasteiger partial charge is 0.479 e. The third-order valence-electron chi connectivity index (χ3n) is 2.86. The smallest absolute Gasteiger partial charge is 0.341 e. The molecule has 0 aliphatic heterocycles. The van der Waals surface area contributed by atoms with Gasteiger partial charge in [0.15, 0.2) is 6.61 Å². The zero-order chi connectivity index (χ0) is 15.2. The number of aryl methyl sites for hydroxylation is 1. The highest BCUT2D eigenvalue weighted by Gasteiger charge is 2.13. The highest BCUT2D eigenvalue weighted by atomic mass is 32.1. The minimum Gasteiger partial charge on any atom is -0.479 e. The summed E-state index contributed by atoms with van der Waals surface area (Å²) < 4.78 is 5.26. The molecule has 2 aromatic rings. The zero-order valence-corrected chi connectivity index (χ0v) is 12.7. The molecule has 0 unspecified atom stereocenters. The van der Waals surface area contributed by atoms with Gasteiger partial charge in [0.25, 0.3) is 0 Å². The fourth-order valence-electron chi connectivity index (χ4n) is 1.88. The second kappa shape index (κ2) is 7.03. The summed E-state index contributed by atoms with van der Waals surface area (Å²) in [5.41, 5.74) is 1.62. The molecule has 0 aromatic carbocycles. The monoisotopic (exact) mass is 307 g/mol. The Morgan fingerprint density at radius 3 is 2.90 bits per heavy atom. The van der Waals surface area contributed by atoms with E-state index in [4.69, 9.17) is 9.84 Å². The first-order chi connectivity index (χ1) is 10.1. The number of rotatable bonds is 7. The summed E-state index contributed by atoms with van der Waals surface area (Å²) in [7, 11) is 0. The highest BCUT2D eigenvalue weighted by Crippen LogP contribution is 2.22. The summed E-state index contributed by atoms with van der Waals surface area (Å²) in [6.07, 6.45) is 0.686. The maximum absolute atomic E-state index is 10.6. The van der Waals surface area contributed by atoms with Crippen molar-refractivity contribution in [2.45, 2.75) is 26.8 Å². The van der Waals surface area contributed by atoms with E-state index in [1.54, 1.807) is 11.3 Å². The Kier molecular flexibility index (Phi) is 5.10. The first kappa shape index (κ1) is 15.2. The second-order valence-electron chi connectivity index (χ2n) is 4.39. The van der Waals surface area contributed by atoms with Gasteiger partial charge in [-0.15, -0.1) is 11.3 Å². The zero-order valence-electron chi connectivity index (χ0n) is 11.9. The lowest BCUT2D eigenvalue weighted by molar-refractivity contribution is -0.139. The normalized spacial score (nSPS) is 10.4. The number of nitrogens with zero attached hydrogens (tertiary/aromatic N) is 2. The van der Waals surface area contributed by atoms with Gasteiger partial charge in [0, 0.05) is 16.1 Å². The van der Waals surface area contributed by atoms with Gasteiger partial charge in [0.05, 0.1) is 6.54 Å². The molecule has 0 bridgehead atoms. The fourth-order valence-corrected chi connectivity index (χ4v) is 2.53. The number of aromatic nitrogens is 2. The Hall–Kier alpha value is -2.15. The maximum atomic E-state index is 10.6. The number of carbonyl (C=O) groups is 1. The van der Waals surface area contributed by atoms with Crippen LogP contribution in [0, 0.1) is 6.92 Å². The Balaban J connectivity index is 2.15. The molecule has 0 fully saturated rings. The minimum absolute atomic E-state index is 0.334. The van der Waals surface area contributed by atoms with Crippen molar-refractivity contribution in [2.24, 2.45) is 0 Å². The molecule has 0 atom stereocenters. The molecule has 0 amide bonds. The van der Waals surface area contributed by atoms with Crippen LogP contribution >= 0.6 is 11.3 Å². The van der Waals surface area contributed by atoms with Crippen LogP contribution in [0.5, 0.6) is 5.88 Å². The van der Waals surface area contributed by atoms with E-state index in [2.05, 4.69) is 15.3 Å². The van der Waals surface area contributed by atoms with Crippen molar-refractivity contribution in [1.82, 2.24) is 9.97 Å². The number of carboxylic acids is 1. The number of thiophene rings is 1. The van der Waals surface area contributed by atoms with Crippen molar-refractivity contribution < 1.29 is 14.6 Å². The molecular formula is C14H17N3O3S. The van der Waals surface area contributed by atoms with E-state index >= 15 is 0 Å². The number of nitrogens with one attached hydrogen (secondary N) is 1. The molecule has 21 heavy (non-hydrogen) atoms. The van der Waals surface area contributed by atoms with Crippen molar-refractivity contribution in [3.63, 3.8) is 0 Å². The Labute approximate surface area is 126 Å². The van der Waals surface area contributed by atoms with Gasteiger partial charge in [0.1, 0.15) is 0 Å². The Morgan fingerprint density at radius 2 is 2.29 bits per heavy atom. The van der Waals surface area contributed by atoms with Crippen LogP contribution in [-0.2, 0) is 17.8 Å². The third-order valence-corrected chi connectivity index (χ3v) is 3.74. The van der Waals surface area contributed by atoms with E-state index in [1.165, 1.54) is 4.88 Å². The summed E-state index contributed by atoms with van der Waals surface area (Å²) in [6.45, 7) is 4.04. The van der Waals surface area contributed by atoms with Crippen molar-refractivity contribution in [1.29, 1.82) is 0 Å². The van der Waals surface area contributed by atoms with E-state index in [0.29, 0.717) is 24.8 Å². The van der Waals surface area contributed by atoms with Crippen LogP contribution in [0.25, 0.3) is 0 Å². The van der Waals surface area contributed by atoms with E-state index in [-0.39, 0.29) is 0 Å². The summed E-state index contributed by atoms with van der Waals surface area (Å²) in [5.74, 6) is -0.249. The SMILES string of the molecule is CCc1c(C)nc(NCc2cccs2)nc1OCC(=O)O. The number of hydrogen-bond donors (Lipinski definition) is 2. The molecule has 0 spiro atoms. The lowest BCUT2D eigenvalue weighted by Gasteiger charge is -2.12. The van der Waals surface area contributed by atoms with Gasteiger partial charge in [-0.2, -0.15) is 4.98 Å². The van der Waals surface area contributed by atoms with Crippen LogP contribution in [0.2, 0.25) is 0 Å². The van der Waals surface area contributed by atoms with E-state index < -0.39 is 12.6 Å². The van der Waals surface area contributed by atoms with Crippen molar-refractivity contribution >= 4 is 23.3 Å². The first-order valence-electron chi connectivity index (χ1n) is 6.58. The van der Waals surface area contributed by atoms with E-state index in [9.17, 15) is 4.79 Å². The number of hydrogen-bond acceptors (Lipinski definition) is 6. The van der Waals surface area contributed by atoms with Crippen LogP contribution in [0.4, 0.5) is 5.95 Å². The lowest BCUT2D eigenvalue weighted by atomic mass is 10.2. The minimum atomic E-state index is -1.03. The number of anilines is 1. The summed E-state index contributed by atoms with van der Waals surface area (Å²) >= 11 is 1.65. The third kappa shape index (κ3) is 4.16. The highest BCUT2D eigenvalue weighted by molar-refractivity contribution is 7.09. The lowest BCUT2D eigenvalue weighted by Crippen LogP contribution is -2.14. The summed E-state index contributed by atoms with van der Waals surface area (Å²) in [4.78, 5) is 20.5. The molecule has 0 saturated heterocycles. The van der Waals surface area contributed by atoms with Crippen LogP contribution in [0.1, 0.15) is 23.1 Å². The van der Waals surface area contributed by atoms with Gasteiger partial charge >= 0.3 is 5.97 Å². The Bertz CT molecular complexity index is 614. The molecule has 2 heterocycles. The van der Waals surface area contributed by atoms with E-state index in [1.807, 2.05) is 31.4 Å². The maximum Gasteiger partial charge on any atom is 0.341 e. The predicted molar refractivity (Wildman–Crippen MR) is 80.9 cm³/mol. The van der Waals surface area contributed by atoms with E-state index in [0.717, 1.165) is 11.3 Å². The molecule has 0 radical (unpaired) electrons. The number of carboxylic acid groups (broad SMARTS) is 1. The van der Waals surface area contributed by atoms with Gasteiger partial charge in [0.2, 0.25) is 11.8 Å². The fraction of sp³-hybridized carbons (Fsp3) is 0.357. The van der Waals surface area contributed by atoms with Crippen LogP contribution in [0.15, 0.2) is 17.5 Å². The molecule has 0 aliphatic carbocycles. The average Bonchev–Trinajstić information content (AvgIpc) is 2.95. The molecule has 7 heteroatoms. The molecule has 112 valence electrons. The quantitative estimate of drug-likeness (QED) is 0.817. The molecule has 2 aromatic heterocycles. The van der Waals surface area contributed by atoms with Gasteiger partial charge < -0.3 is 15.2 Å². The van der Waals surface area contributed by atoms with Gasteiger partial charge in [-0.05, 0) is 24.8 Å². The van der Waals surface area contributed by atoms with Crippen LogP contribution < -0.4 is 10.1 Å². The predicted octanol–water partition coefficient (Wildman–Crippen LogP) is 2.48. The van der Waals surface area contributed by atoms with Crippen molar-refractivity contribution in [3.8, 4) is 5.88 Å². The van der Waals surface area contributed by atoms with Gasteiger partial charge in [-0.25, -0.2) is 9.78 Å². The van der Waals surface area contributed by atoms with Crippen LogP contribution in [0.3, 0.4) is 0 Å². The molecule has 2 N–H and O–H groups in total. The summed E-state index contributed by atoms with van der Waals surface area (Å²) in [5, 5.41) is 13.9. The van der Waals surface area contributed by atoms with Crippen molar-refractivity contribution in [3.05, 3.63) is 33.6 Å². The summed E-state index contributed by atoms with van der Waals surface area (Å²) in [6, 6.07) is 4.00. The Morgan fingerprint density at radius 1 is 1.48 bits per heavy atom. The van der Waals surface area contributed by atoms with Gasteiger partial charge in [-0.3, -0.25) is 0 Å². The molecule has 0 saturated carbocycles. The molecule has 0 aliphatic rings. The molecule has 2 rings (SSSR count).